The first kappa shape index (κ1) is 18.5. The second-order valence-electron chi connectivity index (χ2n) is 6.58. The molecule has 1 fully saturated rings. The minimum Gasteiger partial charge on any atom is -0.341 e. The molecule has 1 aromatic carbocycles. The van der Waals surface area contributed by atoms with Crippen LogP contribution in [0.2, 0.25) is 0 Å². The Morgan fingerprint density at radius 2 is 1.58 bits per heavy atom. The Balaban J connectivity index is 1.92. The van der Waals surface area contributed by atoms with Crippen molar-refractivity contribution in [2.24, 2.45) is 0 Å². The van der Waals surface area contributed by atoms with E-state index in [1.165, 1.54) is 5.56 Å². The summed E-state index contributed by atoms with van der Waals surface area (Å²) in [5.74, 6) is 0.316. The molecular formula is C20H30N2O2. The zero-order valence-electron chi connectivity index (χ0n) is 15.1. The van der Waals surface area contributed by atoms with Gasteiger partial charge in [0.15, 0.2) is 0 Å². The van der Waals surface area contributed by atoms with Crippen LogP contribution in [0.15, 0.2) is 24.3 Å². The van der Waals surface area contributed by atoms with Crippen molar-refractivity contribution in [2.45, 2.75) is 52.4 Å². The predicted octanol–water partition coefficient (Wildman–Crippen LogP) is 3.50. The van der Waals surface area contributed by atoms with Crippen molar-refractivity contribution in [3.05, 3.63) is 35.4 Å². The Labute approximate surface area is 145 Å². The zero-order chi connectivity index (χ0) is 17.4. The third kappa shape index (κ3) is 5.08. The Kier molecular flexibility index (Phi) is 7.29. The van der Waals surface area contributed by atoms with Gasteiger partial charge in [0.05, 0.1) is 0 Å². The summed E-state index contributed by atoms with van der Waals surface area (Å²) in [5, 5.41) is 0. The number of nitrogens with zero attached hydrogens (tertiary/aromatic N) is 2. The van der Waals surface area contributed by atoms with Crippen LogP contribution >= 0.6 is 0 Å². The van der Waals surface area contributed by atoms with Gasteiger partial charge in [0.2, 0.25) is 5.91 Å². The van der Waals surface area contributed by atoms with E-state index in [2.05, 4.69) is 26.0 Å². The monoisotopic (exact) mass is 330 g/mol. The number of carbonyl (C=O) groups is 2. The van der Waals surface area contributed by atoms with Crippen LogP contribution in [0.3, 0.4) is 0 Å². The van der Waals surface area contributed by atoms with E-state index in [0.29, 0.717) is 19.5 Å². The first-order chi connectivity index (χ1) is 11.7. The summed E-state index contributed by atoms with van der Waals surface area (Å²) in [6.45, 7) is 7.04. The molecule has 1 saturated heterocycles. The maximum absolute atomic E-state index is 12.7. The number of aryl methyl sites for hydroxylation is 1. The minimum absolute atomic E-state index is 0.0842. The van der Waals surface area contributed by atoms with Crippen molar-refractivity contribution in [1.82, 2.24) is 9.80 Å². The molecule has 0 aromatic heterocycles. The highest BCUT2D eigenvalue weighted by Crippen LogP contribution is 2.13. The molecule has 0 saturated carbocycles. The zero-order valence-corrected chi connectivity index (χ0v) is 15.1. The molecule has 4 nitrogen and oxygen atoms in total. The van der Waals surface area contributed by atoms with Crippen LogP contribution in [0.1, 0.15) is 61.9 Å². The summed E-state index contributed by atoms with van der Waals surface area (Å²) in [4.78, 5) is 28.7. The van der Waals surface area contributed by atoms with Crippen molar-refractivity contribution in [2.75, 3.05) is 26.2 Å². The topological polar surface area (TPSA) is 40.6 Å². The molecule has 2 rings (SSSR count). The number of hydrogen-bond acceptors (Lipinski definition) is 2. The van der Waals surface area contributed by atoms with Crippen LogP contribution < -0.4 is 0 Å². The van der Waals surface area contributed by atoms with Crippen molar-refractivity contribution >= 4 is 11.8 Å². The maximum Gasteiger partial charge on any atom is 0.253 e. The van der Waals surface area contributed by atoms with Gasteiger partial charge in [-0.3, -0.25) is 9.59 Å². The molecule has 1 heterocycles. The van der Waals surface area contributed by atoms with E-state index in [0.717, 1.165) is 50.8 Å². The van der Waals surface area contributed by atoms with E-state index >= 15 is 0 Å². The van der Waals surface area contributed by atoms with E-state index in [1.807, 2.05) is 21.9 Å². The first-order valence-electron chi connectivity index (χ1n) is 9.31. The van der Waals surface area contributed by atoms with Crippen LogP contribution in [0.4, 0.5) is 0 Å². The fraction of sp³-hybridized carbons (Fsp3) is 0.600. The molecule has 1 aliphatic heterocycles. The lowest BCUT2D eigenvalue weighted by molar-refractivity contribution is -0.131. The van der Waals surface area contributed by atoms with Gasteiger partial charge in [-0.15, -0.1) is 0 Å². The van der Waals surface area contributed by atoms with Gasteiger partial charge in [0.1, 0.15) is 0 Å². The third-order valence-electron chi connectivity index (χ3n) is 4.62. The second kappa shape index (κ2) is 9.45. The van der Waals surface area contributed by atoms with E-state index in [1.54, 1.807) is 0 Å². The van der Waals surface area contributed by atoms with E-state index in [4.69, 9.17) is 0 Å². The summed E-state index contributed by atoms with van der Waals surface area (Å²) in [7, 11) is 0. The van der Waals surface area contributed by atoms with Crippen molar-refractivity contribution in [1.29, 1.82) is 0 Å². The fourth-order valence-electron chi connectivity index (χ4n) is 3.14. The summed E-state index contributed by atoms with van der Waals surface area (Å²) >= 11 is 0. The van der Waals surface area contributed by atoms with E-state index < -0.39 is 0 Å². The SMILES string of the molecule is CCCCC(=O)N1CCCN(C(=O)c2ccc(CCC)cc2)CC1. The van der Waals surface area contributed by atoms with Crippen LogP contribution in [-0.4, -0.2) is 47.8 Å². The Morgan fingerprint density at radius 3 is 2.25 bits per heavy atom. The average Bonchev–Trinajstić information content (AvgIpc) is 2.86. The number of hydrogen-bond donors (Lipinski definition) is 0. The number of carbonyl (C=O) groups excluding carboxylic acids is 2. The van der Waals surface area contributed by atoms with Gasteiger partial charge >= 0.3 is 0 Å². The van der Waals surface area contributed by atoms with Crippen molar-refractivity contribution in [3.63, 3.8) is 0 Å². The van der Waals surface area contributed by atoms with Gasteiger partial charge in [0, 0.05) is 38.2 Å². The van der Waals surface area contributed by atoms with E-state index in [9.17, 15) is 9.59 Å². The highest BCUT2D eigenvalue weighted by molar-refractivity contribution is 5.94. The van der Waals surface area contributed by atoms with Gasteiger partial charge in [-0.2, -0.15) is 0 Å². The van der Waals surface area contributed by atoms with Crippen LogP contribution in [0.25, 0.3) is 0 Å². The van der Waals surface area contributed by atoms with Gasteiger partial charge in [-0.05, 0) is 37.0 Å². The van der Waals surface area contributed by atoms with Gasteiger partial charge < -0.3 is 9.80 Å². The third-order valence-corrected chi connectivity index (χ3v) is 4.62. The lowest BCUT2D eigenvalue weighted by atomic mass is 10.1. The molecule has 1 aliphatic rings. The van der Waals surface area contributed by atoms with Gasteiger partial charge in [-0.1, -0.05) is 38.8 Å². The van der Waals surface area contributed by atoms with Crippen LogP contribution in [0, 0.1) is 0 Å². The molecule has 0 atom stereocenters. The molecule has 0 bridgehead atoms. The molecule has 2 amide bonds. The maximum atomic E-state index is 12.7. The lowest BCUT2D eigenvalue weighted by Gasteiger charge is -2.22. The second-order valence-corrected chi connectivity index (χ2v) is 6.58. The molecule has 0 radical (unpaired) electrons. The first-order valence-corrected chi connectivity index (χ1v) is 9.31. The summed E-state index contributed by atoms with van der Waals surface area (Å²) < 4.78 is 0. The predicted molar refractivity (Wildman–Crippen MR) is 97.1 cm³/mol. The Bertz CT molecular complexity index is 539. The number of rotatable bonds is 6. The molecule has 1 aromatic rings. The largest absolute Gasteiger partial charge is 0.341 e. The quantitative estimate of drug-likeness (QED) is 0.801. The van der Waals surface area contributed by atoms with E-state index in [-0.39, 0.29) is 11.8 Å². The van der Waals surface area contributed by atoms with Gasteiger partial charge in [-0.25, -0.2) is 0 Å². The number of amides is 2. The smallest absolute Gasteiger partial charge is 0.253 e. The van der Waals surface area contributed by atoms with Crippen molar-refractivity contribution < 1.29 is 9.59 Å². The Morgan fingerprint density at radius 1 is 0.917 bits per heavy atom. The average molecular weight is 330 g/mol. The van der Waals surface area contributed by atoms with Crippen molar-refractivity contribution in [3.8, 4) is 0 Å². The highest BCUT2D eigenvalue weighted by atomic mass is 16.2. The standard InChI is InChI=1S/C20H30N2O2/c1-3-5-8-19(23)21-13-6-14-22(16-15-21)20(24)18-11-9-17(7-4-2)10-12-18/h9-12H,3-8,13-16H2,1-2H3. The van der Waals surface area contributed by atoms with Gasteiger partial charge in [0.25, 0.3) is 5.91 Å². The van der Waals surface area contributed by atoms with Crippen LogP contribution in [-0.2, 0) is 11.2 Å². The minimum atomic E-state index is 0.0842. The van der Waals surface area contributed by atoms with Crippen LogP contribution in [0.5, 0.6) is 0 Å². The Hall–Kier alpha value is -1.84. The molecule has 0 aliphatic carbocycles. The molecule has 132 valence electrons. The number of benzene rings is 1. The summed E-state index contributed by atoms with van der Waals surface area (Å²) in [6.07, 6.45) is 5.63. The lowest BCUT2D eigenvalue weighted by Crippen LogP contribution is -2.37. The summed E-state index contributed by atoms with van der Waals surface area (Å²) in [5.41, 5.74) is 2.03. The fourth-order valence-corrected chi connectivity index (χ4v) is 3.14. The molecular weight excluding hydrogens is 300 g/mol. The highest BCUT2D eigenvalue weighted by Gasteiger charge is 2.22. The summed E-state index contributed by atoms with van der Waals surface area (Å²) in [6, 6.07) is 7.97. The molecule has 0 unspecified atom stereocenters. The normalized spacial score (nSPS) is 15.2. The molecule has 0 N–H and O–H groups in total. The molecule has 0 spiro atoms. The number of unbranched alkanes of at least 4 members (excludes halogenated alkanes) is 1. The molecule has 24 heavy (non-hydrogen) atoms. The molecule has 4 heteroatoms.